The largest absolute Gasteiger partial charge is 0.493 e. The highest BCUT2D eigenvalue weighted by Gasteiger charge is 2.22. The Bertz CT molecular complexity index is 989. The third kappa shape index (κ3) is 6.27. The van der Waals surface area contributed by atoms with Crippen molar-refractivity contribution in [3.63, 3.8) is 0 Å². The van der Waals surface area contributed by atoms with Gasteiger partial charge in [0.15, 0.2) is 0 Å². The van der Waals surface area contributed by atoms with Gasteiger partial charge in [0.25, 0.3) is 15.0 Å². The van der Waals surface area contributed by atoms with Crippen molar-refractivity contribution in [3.05, 3.63) is 40.1 Å². The molecule has 1 heterocycles. The fourth-order valence-corrected chi connectivity index (χ4v) is 3.50. The standard InChI is InChI=1S/C17H21ClN4O5S.C2H6/c1-4-6-13-16(14(10-19-24)22(3)21-13)20-17(23)12-9-11(28(18,25)26)7-8-15(12)27-5-2;1-2/h7-9H,4-6,10H2,1-3H3,(H,20,23);1-2H3. The molecule has 0 aliphatic heterocycles. The number of nitroso groups, excluding NO2 is 1. The first-order valence-electron chi connectivity index (χ1n) is 9.59. The monoisotopic (exact) mass is 458 g/mol. The van der Waals surface area contributed by atoms with E-state index in [1.54, 1.807) is 14.0 Å². The number of hydrogen-bond acceptors (Lipinski definition) is 7. The summed E-state index contributed by atoms with van der Waals surface area (Å²) in [5.74, 6) is -0.400. The summed E-state index contributed by atoms with van der Waals surface area (Å²) in [4.78, 5) is 23.5. The average Bonchev–Trinajstić information content (AvgIpc) is 2.98. The summed E-state index contributed by atoms with van der Waals surface area (Å²) in [6.45, 7) is 7.81. The second-order valence-electron chi connectivity index (χ2n) is 5.91. The summed E-state index contributed by atoms with van der Waals surface area (Å²) in [6.07, 6.45) is 1.36. The molecule has 30 heavy (non-hydrogen) atoms. The minimum absolute atomic E-state index is 0.000103. The number of aromatic nitrogens is 2. The summed E-state index contributed by atoms with van der Waals surface area (Å²) >= 11 is 0. The second kappa shape index (κ2) is 11.7. The summed E-state index contributed by atoms with van der Waals surface area (Å²) in [7, 11) is 3.03. The number of nitrogens with zero attached hydrogens (tertiary/aromatic N) is 3. The smallest absolute Gasteiger partial charge is 0.261 e. The molecule has 0 bridgehead atoms. The van der Waals surface area contributed by atoms with Crippen LogP contribution in [0.3, 0.4) is 0 Å². The highest BCUT2D eigenvalue weighted by atomic mass is 35.7. The molecule has 1 aromatic heterocycles. The van der Waals surface area contributed by atoms with Crippen molar-refractivity contribution in [1.82, 2.24) is 9.78 Å². The molecule has 0 fully saturated rings. The fourth-order valence-electron chi connectivity index (χ4n) is 2.72. The Morgan fingerprint density at radius 3 is 2.50 bits per heavy atom. The molecule has 1 N–H and O–H groups in total. The van der Waals surface area contributed by atoms with Crippen LogP contribution >= 0.6 is 10.7 Å². The van der Waals surface area contributed by atoms with Crippen molar-refractivity contribution in [2.24, 2.45) is 12.2 Å². The van der Waals surface area contributed by atoms with Gasteiger partial charge in [-0.25, -0.2) is 8.42 Å². The van der Waals surface area contributed by atoms with Gasteiger partial charge < -0.3 is 10.1 Å². The Kier molecular flexibility index (Phi) is 9.94. The van der Waals surface area contributed by atoms with E-state index in [9.17, 15) is 18.1 Å². The molecular weight excluding hydrogens is 432 g/mol. The van der Waals surface area contributed by atoms with E-state index in [4.69, 9.17) is 15.4 Å². The number of carbonyl (C=O) groups excluding carboxylic acids is 1. The molecule has 1 amide bonds. The molecule has 166 valence electrons. The van der Waals surface area contributed by atoms with Crippen LogP contribution in [0.2, 0.25) is 0 Å². The Labute approximate surface area is 181 Å². The number of rotatable bonds is 9. The van der Waals surface area contributed by atoms with Gasteiger partial charge in [0.1, 0.15) is 12.3 Å². The van der Waals surface area contributed by atoms with Crippen molar-refractivity contribution in [3.8, 4) is 5.75 Å². The predicted molar refractivity (Wildman–Crippen MR) is 117 cm³/mol. The third-order valence-corrected chi connectivity index (χ3v) is 5.31. The molecule has 2 rings (SSSR count). The molecule has 0 aliphatic carbocycles. The highest BCUT2D eigenvalue weighted by molar-refractivity contribution is 8.13. The number of carbonyl (C=O) groups is 1. The van der Waals surface area contributed by atoms with Gasteiger partial charge in [0.2, 0.25) is 0 Å². The van der Waals surface area contributed by atoms with Crippen molar-refractivity contribution in [2.75, 3.05) is 11.9 Å². The van der Waals surface area contributed by atoms with Gasteiger partial charge in [-0.3, -0.25) is 9.48 Å². The lowest BCUT2D eigenvalue weighted by atomic mass is 10.1. The Morgan fingerprint density at radius 1 is 1.30 bits per heavy atom. The van der Waals surface area contributed by atoms with E-state index < -0.39 is 15.0 Å². The Balaban J connectivity index is 0.00000218. The van der Waals surface area contributed by atoms with Crippen molar-refractivity contribution >= 4 is 31.3 Å². The highest BCUT2D eigenvalue weighted by Crippen LogP contribution is 2.28. The number of anilines is 1. The lowest BCUT2D eigenvalue weighted by Crippen LogP contribution is -2.16. The first-order valence-corrected chi connectivity index (χ1v) is 11.9. The van der Waals surface area contributed by atoms with E-state index in [0.717, 1.165) is 12.5 Å². The number of hydrogen-bond donors (Lipinski definition) is 1. The van der Waals surface area contributed by atoms with Crippen LogP contribution in [0.5, 0.6) is 5.75 Å². The lowest BCUT2D eigenvalue weighted by Gasteiger charge is -2.12. The molecular formula is C19H27ClN4O5S. The van der Waals surface area contributed by atoms with Gasteiger partial charge in [0, 0.05) is 17.7 Å². The molecule has 0 aliphatic rings. The molecule has 0 atom stereocenters. The molecule has 0 saturated heterocycles. The van der Waals surface area contributed by atoms with E-state index >= 15 is 0 Å². The van der Waals surface area contributed by atoms with Crippen molar-refractivity contribution < 1.29 is 17.9 Å². The minimum Gasteiger partial charge on any atom is -0.493 e. The van der Waals surface area contributed by atoms with Crippen LogP contribution in [-0.4, -0.2) is 30.7 Å². The van der Waals surface area contributed by atoms with Crippen LogP contribution in [0, 0.1) is 4.91 Å². The van der Waals surface area contributed by atoms with Crippen LogP contribution in [-0.2, 0) is 29.1 Å². The maximum absolute atomic E-state index is 12.9. The van der Waals surface area contributed by atoms with E-state index in [1.165, 1.54) is 16.8 Å². The van der Waals surface area contributed by atoms with Crippen LogP contribution in [0.15, 0.2) is 28.3 Å². The SMILES string of the molecule is CC.CCCc1nn(C)c(CN=O)c1NC(=O)c1cc(S(=O)(=O)Cl)ccc1OCC. The summed E-state index contributed by atoms with van der Waals surface area (Å²) in [6, 6.07) is 3.78. The van der Waals surface area contributed by atoms with E-state index in [0.29, 0.717) is 23.5 Å². The maximum atomic E-state index is 12.9. The summed E-state index contributed by atoms with van der Waals surface area (Å²) < 4.78 is 30.2. The molecule has 1 aromatic carbocycles. The minimum atomic E-state index is -4.03. The topological polar surface area (TPSA) is 120 Å². The first kappa shape index (κ1) is 25.6. The predicted octanol–water partition coefficient (Wildman–Crippen LogP) is 4.24. The number of benzene rings is 1. The number of nitrogens with one attached hydrogen (secondary N) is 1. The normalized spacial score (nSPS) is 10.7. The first-order chi connectivity index (χ1) is 14.2. The molecule has 0 unspecified atom stereocenters. The van der Waals surface area contributed by atoms with Gasteiger partial charge in [-0.15, -0.1) is 0 Å². The van der Waals surface area contributed by atoms with Crippen molar-refractivity contribution in [1.29, 1.82) is 0 Å². The maximum Gasteiger partial charge on any atom is 0.261 e. The summed E-state index contributed by atoms with van der Waals surface area (Å²) in [5, 5.41) is 9.95. The van der Waals surface area contributed by atoms with Crippen LogP contribution in [0.1, 0.15) is 55.9 Å². The van der Waals surface area contributed by atoms with E-state index in [1.807, 2.05) is 20.8 Å². The van der Waals surface area contributed by atoms with Gasteiger partial charge in [-0.1, -0.05) is 32.4 Å². The Hall–Kier alpha value is -2.46. The number of amides is 1. The zero-order valence-corrected chi connectivity index (χ0v) is 19.3. The molecule has 0 radical (unpaired) electrons. The van der Waals surface area contributed by atoms with Crippen LogP contribution in [0.25, 0.3) is 0 Å². The quantitative estimate of drug-likeness (QED) is 0.443. The second-order valence-corrected chi connectivity index (χ2v) is 8.48. The fraction of sp³-hybridized carbons (Fsp3) is 0.474. The number of ether oxygens (including phenoxy) is 1. The zero-order valence-electron chi connectivity index (χ0n) is 17.7. The van der Waals surface area contributed by atoms with Gasteiger partial charge in [-0.2, -0.15) is 10.0 Å². The lowest BCUT2D eigenvalue weighted by molar-refractivity contribution is 0.102. The molecule has 9 nitrogen and oxygen atoms in total. The van der Waals surface area contributed by atoms with Gasteiger partial charge in [-0.05, 0) is 31.5 Å². The summed E-state index contributed by atoms with van der Waals surface area (Å²) in [5.41, 5.74) is 1.44. The molecule has 2 aromatic rings. The molecule has 0 saturated carbocycles. The Morgan fingerprint density at radius 2 is 1.97 bits per heavy atom. The number of halogens is 1. The molecule has 0 spiro atoms. The van der Waals surface area contributed by atoms with Crippen molar-refractivity contribution in [2.45, 2.75) is 52.0 Å². The van der Waals surface area contributed by atoms with Gasteiger partial charge >= 0.3 is 0 Å². The van der Waals surface area contributed by atoms with E-state index in [2.05, 4.69) is 15.6 Å². The number of aryl methyl sites for hydroxylation is 2. The van der Waals surface area contributed by atoms with E-state index in [-0.39, 0.29) is 29.4 Å². The van der Waals surface area contributed by atoms with Gasteiger partial charge in [0.05, 0.1) is 34.1 Å². The molecule has 11 heteroatoms. The third-order valence-electron chi connectivity index (χ3n) is 3.96. The van der Waals surface area contributed by atoms with Crippen LogP contribution < -0.4 is 10.1 Å². The van der Waals surface area contributed by atoms with Crippen LogP contribution in [0.4, 0.5) is 5.69 Å². The average molecular weight is 459 g/mol. The zero-order chi connectivity index (χ0) is 22.9.